The highest BCUT2D eigenvalue weighted by Crippen LogP contribution is 2.38. The van der Waals surface area contributed by atoms with Gasteiger partial charge in [0, 0.05) is 10.6 Å². The SMILES string of the molecule is Oc1ccccc1C1=CC(c2ccc(Cl)cc2)n2c(nc3ccccc32)N1. The summed E-state index contributed by atoms with van der Waals surface area (Å²) in [4.78, 5) is 4.76. The van der Waals surface area contributed by atoms with Crippen molar-refractivity contribution in [2.45, 2.75) is 6.04 Å². The van der Waals surface area contributed by atoms with Crippen LogP contribution in [0.2, 0.25) is 5.02 Å². The molecule has 0 saturated carbocycles. The molecule has 2 heterocycles. The van der Waals surface area contributed by atoms with Gasteiger partial charge in [-0.3, -0.25) is 4.57 Å². The van der Waals surface area contributed by atoms with Crippen LogP contribution in [0.3, 0.4) is 0 Å². The van der Waals surface area contributed by atoms with E-state index < -0.39 is 0 Å². The van der Waals surface area contributed by atoms with Gasteiger partial charge in [0.2, 0.25) is 5.95 Å². The van der Waals surface area contributed by atoms with Crippen LogP contribution in [0.1, 0.15) is 17.2 Å². The number of aromatic hydroxyl groups is 1. The van der Waals surface area contributed by atoms with Crippen molar-refractivity contribution >= 4 is 34.3 Å². The number of nitrogens with zero attached hydrogens (tertiary/aromatic N) is 2. The smallest absolute Gasteiger partial charge is 0.209 e. The number of phenolic OH excluding ortho intramolecular Hbond substituents is 1. The number of halogens is 1. The summed E-state index contributed by atoms with van der Waals surface area (Å²) in [5.74, 6) is 0.979. The van der Waals surface area contributed by atoms with Crippen LogP contribution in [-0.2, 0) is 0 Å². The third-order valence-corrected chi connectivity index (χ3v) is 5.10. The zero-order valence-corrected chi connectivity index (χ0v) is 15.1. The number of aromatic nitrogens is 2. The van der Waals surface area contributed by atoms with Crippen LogP contribution >= 0.6 is 11.6 Å². The molecule has 5 heteroatoms. The van der Waals surface area contributed by atoms with E-state index in [0.29, 0.717) is 5.02 Å². The van der Waals surface area contributed by atoms with Crippen molar-refractivity contribution < 1.29 is 5.11 Å². The number of benzene rings is 3. The second kappa shape index (κ2) is 6.18. The van der Waals surface area contributed by atoms with Crippen LogP contribution in [0, 0.1) is 0 Å². The molecule has 2 N–H and O–H groups in total. The van der Waals surface area contributed by atoms with Crippen molar-refractivity contribution in [1.29, 1.82) is 0 Å². The first-order valence-electron chi connectivity index (χ1n) is 8.70. The number of fused-ring (bicyclic) bond motifs is 3. The lowest BCUT2D eigenvalue weighted by Gasteiger charge is -2.27. The van der Waals surface area contributed by atoms with Gasteiger partial charge in [-0.25, -0.2) is 4.98 Å². The minimum atomic E-state index is -0.0690. The van der Waals surface area contributed by atoms with Crippen molar-refractivity contribution in [1.82, 2.24) is 9.55 Å². The third-order valence-electron chi connectivity index (χ3n) is 4.85. The Hall–Kier alpha value is -3.24. The Morgan fingerprint density at radius 2 is 1.67 bits per heavy atom. The highest BCUT2D eigenvalue weighted by Gasteiger charge is 2.26. The van der Waals surface area contributed by atoms with E-state index in [-0.39, 0.29) is 11.8 Å². The van der Waals surface area contributed by atoms with Gasteiger partial charge in [0.15, 0.2) is 0 Å². The van der Waals surface area contributed by atoms with E-state index in [2.05, 4.69) is 22.0 Å². The van der Waals surface area contributed by atoms with Crippen LogP contribution in [-0.4, -0.2) is 14.7 Å². The fourth-order valence-corrected chi connectivity index (χ4v) is 3.70. The van der Waals surface area contributed by atoms with Crippen LogP contribution in [0.15, 0.2) is 78.9 Å². The molecule has 0 amide bonds. The van der Waals surface area contributed by atoms with Crippen molar-refractivity contribution in [3.05, 3.63) is 95.0 Å². The number of anilines is 1. The number of allylic oxidation sites excluding steroid dienone is 1. The van der Waals surface area contributed by atoms with Gasteiger partial charge in [0.05, 0.1) is 22.8 Å². The lowest BCUT2D eigenvalue weighted by molar-refractivity contribution is 0.473. The van der Waals surface area contributed by atoms with Crippen molar-refractivity contribution in [2.24, 2.45) is 0 Å². The lowest BCUT2D eigenvalue weighted by atomic mass is 10.0. The largest absolute Gasteiger partial charge is 0.507 e. The Morgan fingerprint density at radius 3 is 2.48 bits per heavy atom. The van der Waals surface area contributed by atoms with Crippen molar-refractivity contribution in [2.75, 3.05) is 5.32 Å². The topological polar surface area (TPSA) is 50.1 Å². The Kier molecular flexibility index (Phi) is 3.66. The Bertz CT molecular complexity index is 1180. The van der Waals surface area contributed by atoms with Crippen LogP contribution in [0.25, 0.3) is 16.7 Å². The van der Waals surface area contributed by atoms with Gasteiger partial charge in [-0.15, -0.1) is 0 Å². The number of hydrogen-bond donors (Lipinski definition) is 2. The molecule has 1 aliphatic rings. The maximum atomic E-state index is 10.3. The van der Waals surface area contributed by atoms with E-state index in [4.69, 9.17) is 16.6 Å². The van der Waals surface area contributed by atoms with E-state index >= 15 is 0 Å². The average Bonchev–Trinajstić information content (AvgIpc) is 3.07. The lowest BCUT2D eigenvalue weighted by Crippen LogP contribution is -2.19. The summed E-state index contributed by atoms with van der Waals surface area (Å²) in [5.41, 5.74) is 4.64. The van der Waals surface area contributed by atoms with E-state index in [9.17, 15) is 5.11 Å². The molecular weight excluding hydrogens is 358 g/mol. The summed E-state index contributed by atoms with van der Waals surface area (Å²) in [6.07, 6.45) is 2.11. The number of imidazole rings is 1. The zero-order valence-electron chi connectivity index (χ0n) is 14.3. The Morgan fingerprint density at radius 1 is 0.926 bits per heavy atom. The molecule has 4 nitrogen and oxygen atoms in total. The number of phenols is 1. The maximum absolute atomic E-state index is 10.3. The minimum Gasteiger partial charge on any atom is -0.507 e. The van der Waals surface area contributed by atoms with Crippen LogP contribution in [0.5, 0.6) is 5.75 Å². The second-order valence-corrected chi connectivity index (χ2v) is 6.95. The molecule has 0 spiro atoms. The molecule has 27 heavy (non-hydrogen) atoms. The molecule has 4 aromatic rings. The highest BCUT2D eigenvalue weighted by atomic mass is 35.5. The van der Waals surface area contributed by atoms with Gasteiger partial charge in [-0.1, -0.05) is 48.0 Å². The first-order chi connectivity index (χ1) is 13.2. The summed E-state index contributed by atoms with van der Waals surface area (Å²) >= 11 is 6.09. The molecule has 0 fully saturated rings. The zero-order chi connectivity index (χ0) is 18.4. The molecule has 0 aliphatic carbocycles. The molecular formula is C22H16ClN3O. The van der Waals surface area contributed by atoms with Gasteiger partial charge < -0.3 is 10.4 Å². The quantitative estimate of drug-likeness (QED) is 0.491. The van der Waals surface area contributed by atoms with Crippen molar-refractivity contribution in [3.63, 3.8) is 0 Å². The predicted molar refractivity (Wildman–Crippen MR) is 109 cm³/mol. The standard InChI is InChI=1S/C22H16ClN3O/c23-15-11-9-14(10-12-15)20-13-18(16-5-1-4-8-21(16)27)25-22-24-17-6-2-3-7-19(17)26(20)22/h1-13,20,27H,(H,24,25). The van der Waals surface area contributed by atoms with Crippen LogP contribution in [0.4, 0.5) is 5.95 Å². The molecule has 1 unspecified atom stereocenters. The second-order valence-electron chi connectivity index (χ2n) is 6.51. The molecule has 0 radical (unpaired) electrons. The number of rotatable bonds is 2. The van der Waals surface area contributed by atoms with E-state index in [1.165, 1.54) is 0 Å². The highest BCUT2D eigenvalue weighted by molar-refractivity contribution is 6.30. The number of hydrogen-bond acceptors (Lipinski definition) is 3. The maximum Gasteiger partial charge on any atom is 0.209 e. The predicted octanol–water partition coefficient (Wildman–Crippen LogP) is 5.45. The summed E-state index contributed by atoms with van der Waals surface area (Å²) in [7, 11) is 0. The van der Waals surface area contributed by atoms with Gasteiger partial charge >= 0.3 is 0 Å². The number of nitrogens with one attached hydrogen (secondary N) is 1. The molecule has 5 rings (SSSR count). The minimum absolute atomic E-state index is 0.0690. The summed E-state index contributed by atoms with van der Waals surface area (Å²) in [6, 6.07) is 23.1. The normalized spacial score (nSPS) is 15.9. The fourth-order valence-electron chi connectivity index (χ4n) is 3.57. The molecule has 3 aromatic carbocycles. The van der Waals surface area contributed by atoms with Gasteiger partial charge in [0.25, 0.3) is 0 Å². The molecule has 1 aromatic heterocycles. The van der Waals surface area contributed by atoms with Crippen LogP contribution < -0.4 is 5.32 Å². The van der Waals surface area contributed by atoms with E-state index in [1.54, 1.807) is 6.07 Å². The molecule has 1 aliphatic heterocycles. The molecule has 132 valence electrons. The Labute approximate surface area is 161 Å². The summed E-state index contributed by atoms with van der Waals surface area (Å²) in [5, 5.41) is 14.4. The van der Waals surface area contributed by atoms with Gasteiger partial charge in [-0.05, 0) is 48.0 Å². The first-order valence-corrected chi connectivity index (χ1v) is 9.08. The third kappa shape index (κ3) is 2.66. The molecule has 0 saturated heterocycles. The number of para-hydroxylation sites is 3. The Balaban J connectivity index is 1.74. The van der Waals surface area contributed by atoms with Crippen molar-refractivity contribution in [3.8, 4) is 5.75 Å². The van der Waals surface area contributed by atoms with E-state index in [1.807, 2.05) is 60.7 Å². The van der Waals surface area contributed by atoms with E-state index in [0.717, 1.165) is 33.8 Å². The fraction of sp³-hybridized carbons (Fsp3) is 0.0455. The molecule has 0 bridgehead atoms. The van der Waals surface area contributed by atoms with Gasteiger partial charge in [-0.2, -0.15) is 0 Å². The summed E-state index contributed by atoms with van der Waals surface area (Å²) in [6.45, 7) is 0. The summed E-state index contributed by atoms with van der Waals surface area (Å²) < 4.78 is 2.17. The monoisotopic (exact) mass is 373 g/mol. The van der Waals surface area contributed by atoms with Gasteiger partial charge in [0.1, 0.15) is 5.75 Å². The average molecular weight is 374 g/mol. The molecule has 1 atom stereocenters. The first kappa shape index (κ1) is 16.0.